The Morgan fingerprint density at radius 2 is 1.92 bits per heavy atom. The second-order valence-corrected chi connectivity index (χ2v) is 6.74. The third-order valence-corrected chi connectivity index (χ3v) is 3.49. The summed E-state index contributed by atoms with van der Waals surface area (Å²) in [5.74, 6) is 1.46. The zero-order valence-corrected chi connectivity index (χ0v) is 15.2. The van der Waals surface area contributed by atoms with Crippen LogP contribution in [0.5, 0.6) is 0 Å². The molecule has 26 heavy (non-hydrogen) atoms. The van der Waals surface area contributed by atoms with Crippen molar-refractivity contribution >= 4 is 12.0 Å². The molecular formula is C16H23N7O3. The Balaban J connectivity index is 1.80. The number of aromatic nitrogens is 5. The topological polar surface area (TPSA) is 107 Å². The fourth-order valence-corrected chi connectivity index (χ4v) is 2.37. The largest absolute Gasteiger partial charge is 0.444 e. The van der Waals surface area contributed by atoms with Crippen LogP contribution in [0, 0.1) is 0 Å². The Labute approximate surface area is 151 Å². The van der Waals surface area contributed by atoms with Crippen molar-refractivity contribution in [2.45, 2.75) is 32.9 Å². The molecule has 3 rings (SSSR count). The number of hydrogen-bond donors (Lipinski definition) is 1. The third kappa shape index (κ3) is 4.66. The van der Waals surface area contributed by atoms with Crippen LogP contribution in [0.25, 0.3) is 5.95 Å². The minimum atomic E-state index is -0.570. The normalized spacial score (nSPS) is 15.0. The molecule has 0 atom stereocenters. The van der Waals surface area contributed by atoms with Crippen LogP contribution in [-0.2, 0) is 16.0 Å². The van der Waals surface area contributed by atoms with Gasteiger partial charge in [-0.2, -0.15) is 9.67 Å². The summed E-state index contributed by atoms with van der Waals surface area (Å²) in [6.45, 7) is 8.24. The number of nitrogens with zero attached hydrogens (tertiary/aromatic N) is 6. The summed E-state index contributed by atoms with van der Waals surface area (Å²) in [6, 6.07) is 1.72. The molecule has 1 amide bonds. The van der Waals surface area contributed by atoms with Crippen molar-refractivity contribution in [1.82, 2.24) is 30.0 Å². The third-order valence-electron chi connectivity index (χ3n) is 3.49. The number of anilines is 1. The van der Waals surface area contributed by atoms with E-state index in [1.165, 1.54) is 4.68 Å². The summed E-state index contributed by atoms with van der Waals surface area (Å²) < 4.78 is 12.2. The first-order valence-corrected chi connectivity index (χ1v) is 8.45. The first-order chi connectivity index (χ1) is 12.4. The van der Waals surface area contributed by atoms with E-state index in [1.54, 1.807) is 18.5 Å². The zero-order chi connectivity index (χ0) is 18.6. The molecule has 2 aromatic rings. The Kier molecular flexibility index (Phi) is 5.31. The Morgan fingerprint density at radius 1 is 1.23 bits per heavy atom. The van der Waals surface area contributed by atoms with Crippen LogP contribution in [0.4, 0.5) is 10.7 Å². The highest BCUT2D eigenvalue weighted by atomic mass is 16.6. The fraction of sp³-hybridized carbons (Fsp3) is 0.562. The summed E-state index contributed by atoms with van der Waals surface area (Å²) in [6.07, 6.45) is 2.74. The predicted octanol–water partition coefficient (Wildman–Crippen LogP) is 0.919. The van der Waals surface area contributed by atoms with E-state index in [0.717, 1.165) is 0 Å². The van der Waals surface area contributed by atoms with Crippen LogP contribution in [0.3, 0.4) is 0 Å². The van der Waals surface area contributed by atoms with Crippen molar-refractivity contribution in [3.05, 3.63) is 24.3 Å². The number of carbonyl (C=O) groups is 1. The summed E-state index contributed by atoms with van der Waals surface area (Å²) in [5, 5.41) is 7.21. The van der Waals surface area contributed by atoms with Crippen LogP contribution >= 0.6 is 0 Å². The maximum absolute atomic E-state index is 11.9. The van der Waals surface area contributed by atoms with Gasteiger partial charge in [-0.1, -0.05) is 0 Å². The van der Waals surface area contributed by atoms with Gasteiger partial charge in [0.25, 0.3) is 5.95 Å². The molecule has 140 valence electrons. The number of rotatable bonds is 4. The van der Waals surface area contributed by atoms with E-state index < -0.39 is 11.7 Å². The van der Waals surface area contributed by atoms with E-state index in [-0.39, 0.29) is 6.54 Å². The van der Waals surface area contributed by atoms with Gasteiger partial charge in [-0.15, -0.1) is 5.10 Å². The van der Waals surface area contributed by atoms with E-state index in [1.807, 2.05) is 25.7 Å². The van der Waals surface area contributed by atoms with Crippen molar-refractivity contribution in [1.29, 1.82) is 0 Å². The van der Waals surface area contributed by atoms with E-state index in [0.29, 0.717) is 44.0 Å². The monoisotopic (exact) mass is 361 g/mol. The van der Waals surface area contributed by atoms with Crippen LogP contribution < -0.4 is 10.2 Å². The average Bonchev–Trinajstić information content (AvgIpc) is 3.04. The van der Waals surface area contributed by atoms with E-state index >= 15 is 0 Å². The number of nitrogens with one attached hydrogen (secondary N) is 1. The lowest BCUT2D eigenvalue weighted by Gasteiger charge is -2.25. The Bertz CT molecular complexity index is 736. The van der Waals surface area contributed by atoms with Crippen LogP contribution in [-0.4, -0.2) is 62.7 Å². The van der Waals surface area contributed by atoms with E-state index in [9.17, 15) is 4.79 Å². The van der Waals surface area contributed by atoms with E-state index in [2.05, 4.69) is 25.4 Å². The van der Waals surface area contributed by atoms with Gasteiger partial charge in [0.05, 0.1) is 19.8 Å². The SMILES string of the molecule is CC(C)(C)OC(=O)NCc1nc(N2CCOCC2)nn1-c1ncccn1. The summed E-state index contributed by atoms with van der Waals surface area (Å²) in [5.41, 5.74) is -0.570. The van der Waals surface area contributed by atoms with Crippen molar-refractivity contribution in [2.75, 3.05) is 31.2 Å². The Hall–Kier alpha value is -2.75. The molecule has 0 spiro atoms. The molecule has 0 aromatic carbocycles. The predicted molar refractivity (Wildman–Crippen MR) is 93.1 cm³/mol. The number of morpholine rings is 1. The van der Waals surface area contributed by atoms with Crippen LogP contribution in [0.2, 0.25) is 0 Å². The highest BCUT2D eigenvalue weighted by Gasteiger charge is 2.21. The van der Waals surface area contributed by atoms with Crippen LogP contribution in [0.15, 0.2) is 18.5 Å². The molecule has 0 aliphatic carbocycles. The van der Waals surface area contributed by atoms with Gasteiger partial charge in [0, 0.05) is 25.5 Å². The molecule has 1 aliphatic heterocycles. The molecule has 10 heteroatoms. The fourth-order valence-electron chi connectivity index (χ4n) is 2.37. The van der Waals surface area contributed by atoms with E-state index in [4.69, 9.17) is 9.47 Å². The number of amides is 1. The molecule has 1 saturated heterocycles. The van der Waals surface area contributed by atoms with Gasteiger partial charge in [-0.25, -0.2) is 14.8 Å². The molecule has 0 saturated carbocycles. The second-order valence-electron chi connectivity index (χ2n) is 6.74. The minimum Gasteiger partial charge on any atom is -0.444 e. The molecule has 0 unspecified atom stereocenters. The number of alkyl carbamates (subject to hydrolysis) is 1. The molecule has 0 radical (unpaired) electrons. The summed E-state index contributed by atoms with van der Waals surface area (Å²) in [4.78, 5) is 27.0. The molecule has 10 nitrogen and oxygen atoms in total. The molecule has 2 aromatic heterocycles. The van der Waals surface area contributed by atoms with Crippen molar-refractivity contribution in [3.8, 4) is 5.95 Å². The lowest BCUT2D eigenvalue weighted by molar-refractivity contribution is 0.0522. The zero-order valence-electron chi connectivity index (χ0n) is 15.2. The van der Waals surface area contributed by atoms with Gasteiger partial charge in [0.2, 0.25) is 5.95 Å². The lowest BCUT2D eigenvalue weighted by atomic mass is 10.2. The van der Waals surface area contributed by atoms with Gasteiger partial charge in [-0.3, -0.25) is 0 Å². The molecule has 1 N–H and O–H groups in total. The Morgan fingerprint density at radius 3 is 2.58 bits per heavy atom. The minimum absolute atomic E-state index is 0.143. The van der Waals surface area contributed by atoms with Gasteiger partial charge >= 0.3 is 6.09 Å². The standard InChI is InChI=1S/C16H23N7O3/c1-16(2,3)26-15(24)19-11-12-20-14(22-7-9-25-10-8-22)21-23(12)13-17-5-4-6-18-13/h4-6H,7-11H2,1-3H3,(H,19,24). The smallest absolute Gasteiger partial charge is 0.408 e. The highest BCUT2D eigenvalue weighted by molar-refractivity contribution is 5.67. The first-order valence-electron chi connectivity index (χ1n) is 8.45. The molecule has 0 bridgehead atoms. The molecule has 3 heterocycles. The maximum Gasteiger partial charge on any atom is 0.408 e. The van der Waals surface area contributed by atoms with Gasteiger partial charge in [0.15, 0.2) is 5.82 Å². The molecule has 1 aliphatic rings. The number of hydrogen-bond acceptors (Lipinski definition) is 8. The van der Waals surface area contributed by atoms with Crippen molar-refractivity contribution in [3.63, 3.8) is 0 Å². The average molecular weight is 361 g/mol. The van der Waals surface area contributed by atoms with Gasteiger partial charge in [-0.05, 0) is 26.8 Å². The maximum atomic E-state index is 11.9. The van der Waals surface area contributed by atoms with Crippen molar-refractivity contribution in [2.24, 2.45) is 0 Å². The second kappa shape index (κ2) is 7.65. The number of ether oxygens (including phenoxy) is 2. The van der Waals surface area contributed by atoms with Gasteiger partial charge in [0.1, 0.15) is 5.60 Å². The lowest BCUT2D eigenvalue weighted by Crippen LogP contribution is -2.37. The highest BCUT2D eigenvalue weighted by Crippen LogP contribution is 2.14. The summed E-state index contributed by atoms with van der Waals surface area (Å²) >= 11 is 0. The quantitative estimate of drug-likeness (QED) is 0.856. The van der Waals surface area contributed by atoms with Crippen molar-refractivity contribution < 1.29 is 14.3 Å². The molecular weight excluding hydrogens is 338 g/mol. The van der Waals surface area contributed by atoms with Crippen LogP contribution in [0.1, 0.15) is 26.6 Å². The summed E-state index contributed by atoms with van der Waals surface area (Å²) in [7, 11) is 0. The number of carbonyl (C=O) groups excluding carboxylic acids is 1. The molecule has 1 fully saturated rings. The van der Waals surface area contributed by atoms with Gasteiger partial charge < -0.3 is 19.7 Å². The first kappa shape index (κ1) is 18.1.